The third-order valence-electron chi connectivity index (χ3n) is 0. The van der Waals surface area contributed by atoms with Crippen LogP contribution in [0.3, 0.4) is 0 Å². The Labute approximate surface area is 76.2 Å². The van der Waals surface area contributed by atoms with E-state index in [0.717, 1.165) is 0 Å². The molecule has 0 atom stereocenters. The normalized spacial score (nSPS) is 7.20. The van der Waals surface area contributed by atoms with Crippen molar-refractivity contribution >= 4 is 0 Å². The van der Waals surface area contributed by atoms with E-state index in [0.29, 0.717) is 0 Å². The predicted octanol–water partition coefficient (Wildman–Crippen LogP) is -2.66. The zero-order valence-electron chi connectivity index (χ0n) is 4.15. The van der Waals surface area contributed by atoms with Crippen LogP contribution in [0.1, 0.15) is 0 Å². The Morgan fingerprint density at radius 2 is 1.40 bits per heavy atom. The Hall–Kier alpha value is 1.60. The Morgan fingerprint density at radius 3 is 1.40 bits per heavy atom. The summed E-state index contributed by atoms with van der Waals surface area (Å²) in [6, 6.07) is 0. The summed E-state index contributed by atoms with van der Waals surface area (Å²) < 4.78 is 0. The monoisotopic (exact) mass is 97.0 g/mol. The van der Waals surface area contributed by atoms with Gasteiger partial charge in [0.05, 0.1) is 0 Å². The molecule has 0 amide bonds. The van der Waals surface area contributed by atoms with Gasteiger partial charge < -0.3 is 4.90 Å². The SMILES string of the molecule is [CH2-]N(C)C.[K+]. The summed E-state index contributed by atoms with van der Waals surface area (Å²) in [5.74, 6) is 0. The summed E-state index contributed by atoms with van der Waals surface area (Å²) in [6.45, 7) is 0. The van der Waals surface area contributed by atoms with Gasteiger partial charge in [-0.15, -0.1) is 0 Å². The van der Waals surface area contributed by atoms with Gasteiger partial charge in [0, 0.05) is 0 Å². The summed E-state index contributed by atoms with van der Waals surface area (Å²) in [5.41, 5.74) is 0. The molecule has 0 aromatic carbocycles. The molecule has 0 aromatic rings. The molecule has 0 aromatic heterocycles. The number of hydrogen-bond donors (Lipinski definition) is 0. The van der Waals surface area contributed by atoms with E-state index < -0.39 is 0 Å². The van der Waals surface area contributed by atoms with E-state index in [1.54, 1.807) is 4.90 Å². The van der Waals surface area contributed by atoms with Gasteiger partial charge in [0.25, 0.3) is 0 Å². The summed E-state index contributed by atoms with van der Waals surface area (Å²) in [6.07, 6.45) is 0. The topological polar surface area (TPSA) is 3.24 Å². The van der Waals surface area contributed by atoms with Crippen LogP contribution in [0.25, 0.3) is 0 Å². The molecule has 5 heavy (non-hydrogen) atoms. The summed E-state index contributed by atoms with van der Waals surface area (Å²) in [4.78, 5) is 1.75. The minimum absolute atomic E-state index is 0. The molecule has 0 rings (SSSR count). The third kappa shape index (κ3) is 28.4. The molecule has 0 radical (unpaired) electrons. The standard InChI is InChI=1S/C3H8N.K/c1-4(2)3;/h1H2,2-3H3;/q-1;+1. The van der Waals surface area contributed by atoms with Gasteiger partial charge in [-0.2, -0.15) is 0 Å². The predicted molar refractivity (Wildman–Crippen MR) is 19.0 cm³/mol. The van der Waals surface area contributed by atoms with Gasteiger partial charge in [-0.3, -0.25) is 7.05 Å². The number of hydrogen-bond acceptors (Lipinski definition) is 1. The Kier molecular flexibility index (Phi) is 10.9. The molecule has 2 heteroatoms. The Balaban J connectivity index is 0. The van der Waals surface area contributed by atoms with Crippen molar-refractivity contribution in [2.24, 2.45) is 0 Å². The molecular weight excluding hydrogens is 89.1 g/mol. The van der Waals surface area contributed by atoms with Crippen LogP contribution in [-0.4, -0.2) is 19.0 Å². The van der Waals surface area contributed by atoms with Gasteiger partial charge in [-0.25, -0.2) is 0 Å². The fourth-order valence-corrected chi connectivity index (χ4v) is 0. The minimum Gasteiger partial charge on any atom is -0.464 e. The van der Waals surface area contributed by atoms with Crippen LogP contribution in [0, 0.1) is 7.05 Å². The van der Waals surface area contributed by atoms with Crippen molar-refractivity contribution in [3.63, 3.8) is 0 Å². The zero-order valence-corrected chi connectivity index (χ0v) is 7.28. The Morgan fingerprint density at radius 1 is 1.40 bits per heavy atom. The van der Waals surface area contributed by atoms with E-state index in [-0.39, 0.29) is 51.4 Å². The van der Waals surface area contributed by atoms with Crippen LogP contribution in [0.5, 0.6) is 0 Å². The first-order valence-electron chi connectivity index (χ1n) is 1.21. The third-order valence-corrected chi connectivity index (χ3v) is 0. The summed E-state index contributed by atoms with van der Waals surface area (Å²) in [7, 11) is 7.25. The second kappa shape index (κ2) is 5.60. The first-order valence-corrected chi connectivity index (χ1v) is 1.21. The van der Waals surface area contributed by atoms with Gasteiger partial charge in [0.2, 0.25) is 0 Å². The molecule has 26 valence electrons. The van der Waals surface area contributed by atoms with Crippen molar-refractivity contribution in [3.05, 3.63) is 7.05 Å². The van der Waals surface area contributed by atoms with E-state index >= 15 is 0 Å². The van der Waals surface area contributed by atoms with Crippen molar-refractivity contribution in [1.29, 1.82) is 0 Å². The molecule has 0 aliphatic heterocycles. The molecule has 0 aliphatic rings. The molecule has 0 unspecified atom stereocenters. The Bertz CT molecular complexity index is 11.6. The smallest absolute Gasteiger partial charge is 0.464 e. The van der Waals surface area contributed by atoms with Crippen molar-refractivity contribution < 1.29 is 51.4 Å². The average molecular weight is 97.2 g/mol. The van der Waals surface area contributed by atoms with Crippen LogP contribution < -0.4 is 51.4 Å². The molecule has 0 saturated heterocycles. The maximum Gasteiger partial charge on any atom is 1.00 e. The molecule has 0 heterocycles. The van der Waals surface area contributed by atoms with Gasteiger partial charge in [-0.1, -0.05) is 0 Å². The quantitative estimate of drug-likeness (QED) is 0.236. The maximum atomic E-state index is 3.47. The maximum absolute atomic E-state index is 3.47. The summed E-state index contributed by atoms with van der Waals surface area (Å²) in [5, 5.41) is 0. The number of nitrogens with zero attached hydrogens (tertiary/aromatic N) is 1. The first kappa shape index (κ1) is 9.78. The van der Waals surface area contributed by atoms with Crippen LogP contribution in [0.4, 0.5) is 0 Å². The van der Waals surface area contributed by atoms with Gasteiger partial charge in [-0.05, 0) is 14.1 Å². The van der Waals surface area contributed by atoms with Crippen LogP contribution in [0.15, 0.2) is 0 Å². The van der Waals surface area contributed by atoms with Crippen LogP contribution in [-0.2, 0) is 0 Å². The fraction of sp³-hybridized carbons (Fsp3) is 0.667. The molecule has 0 saturated carbocycles. The van der Waals surface area contributed by atoms with Crippen LogP contribution >= 0.6 is 0 Å². The molecule has 0 bridgehead atoms. The van der Waals surface area contributed by atoms with Crippen molar-refractivity contribution in [2.75, 3.05) is 14.1 Å². The molecule has 0 aliphatic carbocycles. The number of rotatable bonds is 0. The molecule has 0 fully saturated rings. The minimum atomic E-state index is 0. The zero-order chi connectivity index (χ0) is 3.58. The fourth-order valence-electron chi connectivity index (χ4n) is 0. The van der Waals surface area contributed by atoms with Crippen molar-refractivity contribution in [3.8, 4) is 0 Å². The largest absolute Gasteiger partial charge is 1.00 e. The molecular formula is C3H8KN. The summed E-state index contributed by atoms with van der Waals surface area (Å²) >= 11 is 0. The molecule has 0 N–H and O–H groups in total. The second-order valence-electron chi connectivity index (χ2n) is 1.08. The van der Waals surface area contributed by atoms with Gasteiger partial charge in [0.1, 0.15) is 0 Å². The van der Waals surface area contributed by atoms with E-state index in [4.69, 9.17) is 0 Å². The average Bonchev–Trinajstić information content (AvgIpc) is 0.811. The van der Waals surface area contributed by atoms with E-state index in [1.165, 1.54) is 0 Å². The van der Waals surface area contributed by atoms with Crippen molar-refractivity contribution in [1.82, 2.24) is 4.90 Å². The van der Waals surface area contributed by atoms with E-state index in [1.807, 2.05) is 14.1 Å². The molecule has 0 spiro atoms. The first-order chi connectivity index (χ1) is 1.73. The van der Waals surface area contributed by atoms with Gasteiger partial charge in [0.15, 0.2) is 0 Å². The van der Waals surface area contributed by atoms with Gasteiger partial charge >= 0.3 is 51.4 Å². The van der Waals surface area contributed by atoms with E-state index in [2.05, 4.69) is 7.05 Å². The van der Waals surface area contributed by atoms with Crippen LogP contribution in [0.2, 0.25) is 0 Å². The van der Waals surface area contributed by atoms with Crippen molar-refractivity contribution in [2.45, 2.75) is 0 Å². The van der Waals surface area contributed by atoms with E-state index in [9.17, 15) is 0 Å². The second-order valence-corrected chi connectivity index (χ2v) is 1.08. The molecule has 1 nitrogen and oxygen atoms in total.